The number of ether oxygens (including phenoxy) is 3. The third kappa shape index (κ3) is 58.0. The van der Waals surface area contributed by atoms with E-state index < -0.39 is 6.10 Å². The summed E-state index contributed by atoms with van der Waals surface area (Å²) in [7, 11) is 0. The highest BCUT2D eigenvalue weighted by Crippen LogP contribution is 2.17. The molecule has 0 rings (SSSR count). The van der Waals surface area contributed by atoms with Crippen LogP contribution in [0.3, 0.4) is 0 Å². The normalized spacial score (nSPS) is 12.4. The zero-order chi connectivity index (χ0) is 52.2. The molecule has 1 unspecified atom stereocenters. The Morgan fingerprint density at radius 3 is 0.889 bits per heavy atom. The third-order valence-electron chi connectivity index (χ3n) is 13.8. The van der Waals surface area contributed by atoms with E-state index in [1.807, 2.05) is 0 Å². The van der Waals surface area contributed by atoms with Gasteiger partial charge in [0.05, 0.1) is 0 Å². The highest BCUT2D eigenvalue weighted by atomic mass is 16.6. The maximum Gasteiger partial charge on any atom is 0.306 e. The molecular formula is C66H118O6. The van der Waals surface area contributed by atoms with Crippen LogP contribution in [0.2, 0.25) is 0 Å². The van der Waals surface area contributed by atoms with E-state index in [1.54, 1.807) is 0 Å². The molecule has 0 fully saturated rings. The van der Waals surface area contributed by atoms with Gasteiger partial charge in [0.2, 0.25) is 0 Å². The molecule has 0 amide bonds. The second-order valence-corrected chi connectivity index (χ2v) is 20.9. The van der Waals surface area contributed by atoms with E-state index in [4.69, 9.17) is 14.2 Å². The van der Waals surface area contributed by atoms with Crippen molar-refractivity contribution >= 4 is 17.9 Å². The SMILES string of the molecule is CC/C=C\C/C=C\C/C=C\C/C=C\CCCCC(=O)OCC(COC(=O)CCCCCCCCCCCCCCCCCCCCCCCCC)OC(=O)CCCCCCC/C=C\CCCCCCCCC. The maximum atomic E-state index is 12.9. The molecule has 0 bridgehead atoms. The van der Waals surface area contributed by atoms with Crippen LogP contribution in [0, 0.1) is 0 Å². The van der Waals surface area contributed by atoms with Crippen LogP contribution < -0.4 is 0 Å². The van der Waals surface area contributed by atoms with Gasteiger partial charge in [0.15, 0.2) is 6.10 Å². The van der Waals surface area contributed by atoms with Crippen LogP contribution in [-0.2, 0) is 28.6 Å². The minimum Gasteiger partial charge on any atom is -0.462 e. The van der Waals surface area contributed by atoms with E-state index in [2.05, 4.69) is 81.5 Å². The highest BCUT2D eigenvalue weighted by Gasteiger charge is 2.19. The standard InChI is InChI=1S/C66H118O6/c1-4-7-10-13-16-19-22-25-28-30-31-32-33-34-35-36-39-41-44-47-50-53-56-59-65(68)71-62-63(61-70-64(67)58-55-52-49-46-43-40-37-27-24-21-18-15-12-9-6-3)72-66(69)60-57-54-51-48-45-42-38-29-26-23-20-17-14-11-8-5-2/h9,12,18,21,27,29,37-38,43,46,63H,4-8,10-11,13-17,19-20,22-26,28,30-36,39-42,44-45,47-62H2,1-3H3/b12-9-,21-18-,37-27-,38-29-,46-43-. The van der Waals surface area contributed by atoms with Crippen LogP contribution in [0.15, 0.2) is 60.8 Å². The molecule has 0 radical (unpaired) electrons. The fraction of sp³-hybridized carbons (Fsp3) is 0.803. The fourth-order valence-electron chi connectivity index (χ4n) is 9.08. The van der Waals surface area contributed by atoms with Gasteiger partial charge in [-0.1, -0.05) is 281 Å². The number of carbonyl (C=O) groups is 3. The van der Waals surface area contributed by atoms with Crippen LogP contribution in [0.4, 0.5) is 0 Å². The summed E-state index contributed by atoms with van der Waals surface area (Å²) in [5, 5.41) is 0. The zero-order valence-corrected chi connectivity index (χ0v) is 47.9. The minimum absolute atomic E-state index is 0.0878. The van der Waals surface area contributed by atoms with Gasteiger partial charge in [-0.15, -0.1) is 0 Å². The zero-order valence-electron chi connectivity index (χ0n) is 47.9. The topological polar surface area (TPSA) is 78.9 Å². The molecule has 0 aromatic rings. The Labute approximate surface area is 447 Å². The summed E-state index contributed by atoms with van der Waals surface area (Å²) in [5.41, 5.74) is 0. The van der Waals surface area contributed by atoms with Gasteiger partial charge in [-0.2, -0.15) is 0 Å². The molecule has 6 nitrogen and oxygen atoms in total. The van der Waals surface area contributed by atoms with Crippen molar-refractivity contribution in [1.29, 1.82) is 0 Å². The van der Waals surface area contributed by atoms with Crippen molar-refractivity contribution < 1.29 is 28.6 Å². The molecule has 418 valence electrons. The number of carbonyl (C=O) groups excluding carboxylic acids is 3. The summed E-state index contributed by atoms with van der Waals surface area (Å²) in [5.74, 6) is -0.923. The third-order valence-corrected chi connectivity index (χ3v) is 13.8. The van der Waals surface area contributed by atoms with E-state index in [1.165, 1.54) is 186 Å². The summed E-state index contributed by atoms with van der Waals surface area (Å²) in [4.78, 5) is 38.2. The molecule has 72 heavy (non-hydrogen) atoms. The van der Waals surface area contributed by atoms with Crippen LogP contribution in [0.5, 0.6) is 0 Å². The molecule has 0 aliphatic heterocycles. The van der Waals surface area contributed by atoms with Crippen molar-refractivity contribution in [2.75, 3.05) is 13.2 Å². The second kappa shape index (κ2) is 60.7. The lowest BCUT2D eigenvalue weighted by molar-refractivity contribution is -0.167. The number of hydrogen-bond acceptors (Lipinski definition) is 6. The van der Waals surface area contributed by atoms with E-state index in [9.17, 15) is 14.4 Å². The van der Waals surface area contributed by atoms with E-state index in [-0.39, 0.29) is 31.1 Å². The van der Waals surface area contributed by atoms with Gasteiger partial charge in [0.25, 0.3) is 0 Å². The number of unbranched alkanes of at least 4 members (excludes halogenated alkanes) is 36. The molecule has 0 aromatic carbocycles. The Morgan fingerprint density at radius 2 is 0.542 bits per heavy atom. The van der Waals surface area contributed by atoms with E-state index in [0.29, 0.717) is 19.3 Å². The molecule has 0 heterocycles. The lowest BCUT2D eigenvalue weighted by atomic mass is 10.0. The molecule has 0 aromatic heterocycles. The van der Waals surface area contributed by atoms with E-state index in [0.717, 1.165) is 96.3 Å². The van der Waals surface area contributed by atoms with Crippen LogP contribution in [0.1, 0.15) is 323 Å². The molecule has 6 heteroatoms. The van der Waals surface area contributed by atoms with Crippen molar-refractivity contribution in [2.24, 2.45) is 0 Å². The molecule has 1 atom stereocenters. The van der Waals surface area contributed by atoms with Crippen LogP contribution in [0.25, 0.3) is 0 Å². The summed E-state index contributed by atoms with van der Waals surface area (Å²) in [6.45, 7) is 6.53. The Hall–Kier alpha value is -2.89. The molecule has 0 aliphatic rings. The van der Waals surface area contributed by atoms with Gasteiger partial charge in [-0.3, -0.25) is 14.4 Å². The minimum atomic E-state index is -0.794. The number of rotatable bonds is 57. The first-order valence-corrected chi connectivity index (χ1v) is 31.3. The number of allylic oxidation sites excluding steroid dienone is 10. The average Bonchev–Trinajstić information content (AvgIpc) is 3.38. The predicted octanol–water partition coefficient (Wildman–Crippen LogP) is 21.2. The van der Waals surface area contributed by atoms with Gasteiger partial charge >= 0.3 is 17.9 Å². The largest absolute Gasteiger partial charge is 0.462 e. The summed E-state index contributed by atoms with van der Waals surface area (Å²) >= 11 is 0. The molecule has 0 saturated heterocycles. The summed E-state index contributed by atoms with van der Waals surface area (Å²) in [6, 6.07) is 0. The quantitative estimate of drug-likeness (QED) is 0.0261. The maximum absolute atomic E-state index is 12.9. The highest BCUT2D eigenvalue weighted by molar-refractivity contribution is 5.71. The lowest BCUT2D eigenvalue weighted by Crippen LogP contribution is -2.30. The molecule has 0 N–H and O–H groups in total. The van der Waals surface area contributed by atoms with Gasteiger partial charge in [-0.05, 0) is 83.5 Å². The van der Waals surface area contributed by atoms with Gasteiger partial charge in [0, 0.05) is 19.3 Å². The first-order valence-electron chi connectivity index (χ1n) is 31.3. The molecule has 0 spiro atoms. The lowest BCUT2D eigenvalue weighted by Gasteiger charge is -2.18. The molecule has 0 aliphatic carbocycles. The summed E-state index contributed by atoms with van der Waals surface area (Å²) < 4.78 is 16.9. The van der Waals surface area contributed by atoms with Crippen molar-refractivity contribution in [2.45, 2.75) is 329 Å². The average molecular weight is 1010 g/mol. The monoisotopic (exact) mass is 1010 g/mol. The van der Waals surface area contributed by atoms with Gasteiger partial charge < -0.3 is 14.2 Å². The smallest absolute Gasteiger partial charge is 0.306 e. The van der Waals surface area contributed by atoms with Gasteiger partial charge in [-0.25, -0.2) is 0 Å². The Balaban J connectivity index is 4.33. The Morgan fingerprint density at radius 1 is 0.292 bits per heavy atom. The molecular weight excluding hydrogens is 889 g/mol. The number of esters is 3. The van der Waals surface area contributed by atoms with Gasteiger partial charge in [0.1, 0.15) is 13.2 Å². The van der Waals surface area contributed by atoms with Crippen LogP contribution in [-0.4, -0.2) is 37.2 Å². The van der Waals surface area contributed by atoms with Crippen molar-refractivity contribution in [3.05, 3.63) is 60.8 Å². The van der Waals surface area contributed by atoms with Crippen molar-refractivity contribution in [3.63, 3.8) is 0 Å². The Bertz CT molecular complexity index is 1290. The number of hydrogen-bond donors (Lipinski definition) is 0. The fourth-order valence-corrected chi connectivity index (χ4v) is 9.08. The predicted molar refractivity (Wildman–Crippen MR) is 312 cm³/mol. The van der Waals surface area contributed by atoms with Crippen molar-refractivity contribution in [3.8, 4) is 0 Å². The summed E-state index contributed by atoms with van der Waals surface area (Å²) in [6.07, 6.45) is 76.6. The Kier molecular flexibility index (Phi) is 58.2. The van der Waals surface area contributed by atoms with Crippen LogP contribution >= 0.6 is 0 Å². The molecule has 0 saturated carbocycles. The first-order chi connectivity index (χ1) is 35.5. The van der Waals surface area contributed by atoms with Crippen molar-refractivity contribution in [1.82, 2.24) is 0 Å². The second-order valence-electron chi connectivity index (χ2n) is 20.9. The van der Waals surface area contributed by atoms with E-state index >= 15 is 0 Å². The first kappa shape index (κ1) is 69.1.